The number of aliphatic hydroxyl groups is 3. The van der Waals surface area contributed by atoms with E-state index in [1.54, 1.807) is 6.07 Å². The fourth-order valence-electron chi connectivity index (χ4n) is 1.54. The molecule has 1 aromatic rings. The van der Waals surface area contributed by atoms with Crippen LogP contribution >= 0.6 is 11.6 Å². The van der Waals surface area contributed by atoms with Gasteiger partial charge in [0.1, 0.15) is 0 Å². The van der Waals surface area contributed by atoms with Crippen molar-refractivity contribution in [2.24, 2.45) is 0 Å². The predicted octanol–water partition coefficient (Wildman–Crippen LogP) is 0.550. The molecule has 20 heavy (non-hydrogen) atoms. The molecule has 0 aliphatic rings. The maximum absolute atomic E-state index is 9.70. The summed E-state index contributed by atoms with van der Waals surface area (Å²) in [5.41, 5.74) is -0.310. The molecule has 0 bridgehead atoms. The van der Waals surface area contributed by atoms with Gasteiger partial charge in [-0.1, -0.05) is 29.8 Å². The van der Waals surface area contributed by atoms with Gasteiger partial charge in [-0.3, -0.25) is 0 Å². The molecule has 0 aliphatic heterocycles. The normalized spacial score (nSPS) is 15.8. The highest BCUT2D eigenvalue weighted by atomic mass is 35.5. The molecule has 0 saturated carbocycles. The molecule has 0 aromatic heterocycles. The van der Waals surface area contributed by atoms with E-state index in [0.29, 0.717) is 11.6 Å². The third-order valence-electron chi connectivity index (χ3n) is 2.75. The lowest BCUT2D eigenvalue weighted by molar-refractivity contribution is -0.00490. The number of ether oxygens (including phenoxy) is 1. The Kier molecular flexibility index (Phi) is 7.43. The van der Waals surface area contributed by atoms with Gasteiger partial charge in [0.05, 0.1) is 31.5 Å². The van der Waals surface area contributed by atoms with Gasteiger partial charge in [-0.2, -0.15) is 0 Å². The van der Waals surface area contributed by atoms with E-state index in [0.717, 1.165) is 5.56 Å². The Morgan fingerprint density at radius 2 is 2.10 bits per heavy atom. The van der Waals surface area contributed by atoms with Gasteiger partial charge in [-0.15, -0.1) is 0 Å². The van der Waals surface area contributed by atoms with Crippen molar-refractivity contribution in [3.8, 4) is 0 Å². The highest BCUT2D eigenvalue weighted by Crippen LogP contribution is 2.15. The topological polar surface area (TPSA) is 82.0 Å². The third-order valence-corrected chi connectivity index (χ3v) is 3.12. The average molecular weight is 304 g/mol. The quantitative estimate of drug-likeness (QED) is 0.536. The van der Waals surface area contributed by atoms with E-state index in [4.69, 9.17) is 21.4 Å². The molecule has 2 unspecified atom stereocenters. The Bertz CT molecular complexity index is 401. The SMILES string of the molecule is CC(O)(CO)CNCC(O)COCc1ccccc1Cl. The van der Waals surface area contributed by atoms with Gasteiger partial charge in [0.15, 0.2) is 0 Å². The minimum atomic E-state index is -1.18. The second kappa shape index (κ2) is 8.56. The zero-order valence-corrected chi connectivity index (χ0v) is 12.3. The van der Waals surface area contributed by atoms with Crippen molar-refractivity contribution in [2.45, 2.75) is 25.2 Å². The first-order valence-electron chi connectivity index (χ1n) is 6.48. The van der Waals surface area contributed by atoms with Gasteiger partial charge in [-0.25, -0.2) is 0 Å². The fraction of sp³-hybridized carbons (Fsp3) is 0.571. The van der Waals surface area contributed by atoms with Crippen LogP contribution in [0.3, 0.4) is 0 Å². The summed E-state index contributed by atoms with van der Waals surface area (Å²) in [6, 6.07) is 7.37. The van der Waals surface area contributed by atoms with Gasteiger partial charge < -0.3 is 25.4 Å². The van der Waals surface area contributed by atoms with E-state index in [1.807, 2.05) is 18.2 Å². The molecule has 1 aromatic carbocycles. The number of aliphatic hydroxyl groups excluding tert-OH is 2. The summed E-state index contributed by atoms with van der Waals surface area (Å²) in [5.74, 6) is 0. The molecular weight excluding hydrogens is 282 g/mol. The Hall–Kier alpha value is -0.690. The largest absolute Gasteiger partial charge is 0.393 e. The van der Waals surface area contributed by atoms with Gasteiger partial charge in [0.25, 0.3) is 0 Å². The van der Waals surface area contributed by atoms with E-state index < -0.39 is 11.7 Å². The standard InChI is InChI=1S/C14H22ClNO4/c1-14(19,10-17)9-16-6-12(18)8-20-7-11-4-2-3-5-13(11)15/h2-5,12,16-19H,6-10H2,1H3. The lowest BCUT2D eigenvalue weighted by Crippen LogP contribution is -2.43. The van der Waals surface area contributed by atoms with Crippen molar-refractivity contribution in [3.63, 3.8) is 0 Å². The van der Waals surface area contributed by atoms with Crippen molar-refractivity contribution in [3.05, 3.63) is 34.9 Å². The Morgan fingerprint density at radius 1 is 1.40 bits per heavy atom. The highest BCUT2D eigenvalue weighted by molar-refractivity contribution is 6.31. The maximum Gasteiger partial charge on any atom is 0.0972 e. The van der Waals surface area contributed by atoms with Crippen LogP contribution in [0.4, 0.5) is 0 Å². The second-order valence-corrected chi connectivity index (χ2v) is 5.45. The molecule has 5 nitrogen and oxygen atoms in total. The Labute approximate surface area is 124 Å². The van der Waals surface area contributed by atoms with Gasteiger partial charge in [0.2, 0.25) is 0 Å². The smallest absolute Gasteiger partial charge is 0.0972 e. The van der Waals surface area contributed by atoms with E-state index in [9.17, 15) is 10.2 Å². The molecule has 114 valence electrons. The number of nitrogens with one attached hydrogen (secondary N) is 1. The second-order valence-electron chi connectivity index (χ2n) is 5.05. The molecule has 4 N–H and O–H groups in total. The lowest BCUT2D eigenvalue weighted by atomic mass is 10.1. The van der Waals surface area contributed by atoms with Crippen molar-refractivity contribution in [2.75, 3.05) is 26.3 Å². The first kappa shape index (κ1) is 17.4. The van der Waals surface area contributed by atoms with E-state index in [2.05, 4.69) is 5.32 Å². The molecule has 6 heteroatoms. The summed E-state index contributed by atoms with van der Waals surface area (Å²) in [5, 5.41) is 31.6. The minimum absolute atomic E-state index is 0.166. The molecule has 0 amide bonds. The first-order valence-corrected chi connectivity index (χ1v) is 6.85. The average Bonchev–Trinajstić information content (AvgIpc) is 2.41. The van der Waals surface area contributed by atoms with Crippen LogP contribution in [0, 0.1) is 0 Å². The zero-order chi connectivity index (χ0) is 15.0. The van der Waals surface area contributed by atoms with Crippen LogP contribution in [0.25, 0.3) is 0 Å². The monoisotopic (exact) mass is 303 g/mol. The molecule has 0 aliphatic carbocycles. The van der Waals surface area contributed by atoms with Crippen molar-refractivity contribution < 1.29 is 20.1 Å². The Morgan fingerprint density at radius 3 is 2.75 bits per heavy atom. The van der Waals surface area contributed by atoms with E-state index in [-0.39, 0.29) is 26.3 Å². The van der Waals surface area contributed by atoms with Crippen LogP contribution in [-0.2, 0) is 11.3 Å². The van der Waals surface area contributed by atoms with Crippen LogP contribution in [0.15, 0.2) is 24.3 Å². The van der Waals surface area contributed by atoms with Gasteiger partial charge >= 0.3 is 0 Å². The molecule has 0 spiro atoms. The third kappa shape index (κ3) is 6.65. The van der Waals surface area contributed by atoms with Gasteiger partial charge in [-0.05, 0) is 18.6 Å². The molecule has 0 radical (unpaired) electrons. The Balaban J connectivity index is 2.18. The first-order chi connectivity index (χ1) is 9.44. The van der Waals surface area contributed by atoms with Crippen molar-refractivity contribution in [1.29, 1.82) is 0 Å². The van der Waals surface area contributed by atoms with E-state index >= 15 is 0 Å². The van der Waals surface area contributed by atoms with Crippen molar-refractivity contribution >= 4 is 11.6 Å². The highest BCUT2D eigenvalue weighted by Gasteiger charge is 2.18. The molecule has 0 saturated heterocycles. The molecule has 0 heterocycles. The van der Waals surface area contributed by atoms with Crippen LogP contribution < -0.4 is 5.32 Å². The number of hydrogen-bond donors (Lipinski definition) is 4. The fourth-order valence-corrected chi connectivity index (χ4v) is 1.73. The minimum Gasteiger partial charge on any atom is -0.393 e. The molecule has 1 rings (SSSR count). The predicted molar refractivity (Wildman–Crippen MR) is 77.7 cm³/mol. The van der Waals surface area contributed by atoms with Crippen LogP contribution in [0.2, 0.25) is 5.02 Å². The molecule has 0 fully saturated rings. The number of rotatable bonds is 9. The summed E-state index contributed by atoms with van der Waals surface area (Å²) in [4.78, 5) is 0. The molecule has 2 atom stereocenters. The summed E-state index contributed by atoms with van der Waals surface area (Å²) < 4.78 is 5.38. The summed E-state index contributed by atoms with van der Waals surface area (Å²) in [6.45, 7) is 2.16. The summed E-state index contributed by atoms with van der Waals surface area (Å²) in [7, 11) is 0. The van der Waals surface area contributed by atoms with E-state index in [1.165, 1.54) is 6.92 Å². The van der Waals surface area contributed by atoms with Crippen LogP contribution in [0.5, 0.6) is 0 Å². The van der Waals surface area contributed by atoms with Gasteiger partial charge in [0, 0.05) is 18.1 Å². The number of benzene rings is 1. The summed E-state index contributed by atoms with van der Waals surface area (Å²) >= 11 is 5.98. The lowest BCUT2D eigenvalue weighted by Gasteiger charge is -2.21. The van der Waals surface area contributed by atoms with Crippen molar-refractivity contribution in [1.82, 2.24) is 5.32 Å². The van der Waals surface area contributed by atoms with Crippen LogP contribution in [0.1, 0.15) is 12.5 Å². The van der Waals surface area contributed by atoms with Crippen LogP contribution in [-0.4, -0.2) is 53.3 Å². The summed E-state index contributed by atoms with van der Waals surface area (Å²) in [6.07, 6.45) is -0.688. The number of halogens is 1. The molecular formula is C14H22ClNO4. The number of hydrogen-bond acceptors (Lipinski definition) is 5. The zero-order valence-electron chi connectivity index (χ0n) is 11.6. The maximum atomic E-state index is 9.70.